The number of hydrogen-bond acceptors (Lipinski definition) is 5. The van der Waals surface area contributed by atoms with Crippen molar-refractivity contribution in [2.24, 2.45) is 4.99 Å². The zero-order valence-electron chi connectivity index (χ0n) is 14.4. The van der Waals surface area contributed by atoms with Gasteiger partial charge in [0, 0.05) is 16.5 Å². The van der Waals surface area contributed by atoms with Gasteiger partial charge in [-0.25, -0.2) is 4.99 Å². The number of rotatable bonds is 3. The molecule has 0 saturated carbocycles. The summed E-state index contributed by atoms with van der Waals surface area (Å²) in [6.45, 7) is 0. The van der Waals surface area contributed by atoms with Gasteiger partial charge in [-0.15, -0.1) is 0 Å². The first-order chi connectivity index (χ1) is 12.7. The molecule has 4 rings (SSSR count). The van der Waals surface area contributed by atoms with E-state index in [0.29, 0.717) is 22.9 Å². The summed E-state index contributed by atoms with van der Waals surface area (Å²) in [6.07, 6.45) is 0. The summed E-state index contributed by atoms with van der Waals surface area (Å²) in [5, 5.41) is 2.20. The Morgan fingerprint density at radius 1 is 0.962 bits per heavy atom. The third-order valence-corrected chi connectivity index (χ3v) is 4.31. The number of aliphatic imine (C=N–C) groups is 1. The SMILES string of the molecule is COc1ccc(C(=O)NNC2=Nc3cccc4cccc2c34)cc1OC. The van der Waals surface area contributed by atoms with Crippen molar-refractivity contribution in [3.8, 4) is 11.5 Å². The Hall–Kier alpha value is -3.54. The van der Waals surface area contributed by atoms with Crippen molar-refractivity contribution in [3.05, 3.63) is 65.7 Å². The van der Waals surface area contributed by atoms with E-state index in [0.717, 1.165) is 22.0 Å². The van der Waals surface area contributed by atoms with Gasteiger partial charge < -0.3 is 9.47 Å². The quantitative estimate of drug-likeness (QED) is 0.714. The molecule has 26 heavy (non-hydrogen) atoms. The molecule has 1 amide bonds. The van der Waals surface area contributed by atoms with Crippen LogP contribution in [0.15, 0.2) is 59.6 Å². The van der Waals surface area contributed by atoms with Crippen LogP contribution < -0.4 is 20.3 Å². The van der Waals surface area contributed by atoms with E-state index < -0.39 is 0 Å². The average molecular weight is 347 g/mol. The molecule has 1 aliphatic heterocycles. The highest BCUT2D eigenvalue weighted by molar-refractivity contribution is 6.19. The zero-order valence-corrected chi connectivity index (χ0v) is 14.4. The van der Waals surface area contributed by atoms with Gasteiger partial charge in [-0.3, -0.25) is 15.6 Å². The van der Waals surface area contributed by atoms with E-state index >= 15 is 0 Å². The Morgan fingerprint density at radius 3 is 2.50 bits per heavy atom. The van der Waals surface area contributed by atoms with Crippen LogP contribution in [0.2, 0.25) is 0 Å². The van der Waals surface area contributed by atoms with Crippen LogP contribution >= 0.6 is 0 Å². The standard InChI is InChI=1S/C20H17N3O3/c1-25-16-10-9-13(11-17(16)26-2)20(24)23-22-19-14-7-3-5-12-6-4-8-15(21-19)18(12)14/h3-11H,1-2H3,(H,21,22)(H,23,24). The fraction of sp³-hybridized carbons (Fsp3) is 0.100. The summed E-state index contributed by atoms with van der Waals surface area (Å²) in [4.78, 5) is 17.0. The molecular weight excluding hydrogens is 330 g/mol. The minimum atomic E-state index is -0.295. The molecule has 0 spiro atoms. The van der Waals surface area contributed by atoms with E-state index in [1.54, 1.807) is 25.3 Å². The number of carbonyl (C=O) groups is 1. The largest absolute Gasteiger partial charge is 0.493 e. The second kappa shape index (κ2) is 6.40. The number of nitrogens with zero attached hydrogens (tertiary/aromatic N) is 1. The maximum atomic E-state index is 12.5. The number of ether oxygens (including phenoxy) is 2. The summed E-state index contributed by atoms with van der Waals surface area (Å²) >= 11 is 0. The van der Waals surface area contributed by atoms with Crippen molar-refractivity contribution in [1.29, 1.82) is 0 Å². The van der Waals surface area contributed by atoms with Gasteiger partial charge in [-0.1, -0.05) is 30.3 Å². The van der Waals surface area contributed by atoms with E-state index in [9.17, 15) is 4.79 Å². The van der Waals surface area contributed by atoms with E-state index in [2.05, 4.69) is 15.8 Å². The minimum absolute atomic E-state index is 0.295. The molecule has 0 atom stereocenters. The van der Waals surface area contributed by atoms with E-state index in [-0.39, 0.29) is 5.91 Å². The molecule has 0 saturated heterocycles. The van der Waals surface area contributed by atoms with Gasteiger partial charge in [0.1, 0.15) is 0 Å². The first kappa shape index (κ1) is 16.0. The second-order valence-corrected chi connectivity index (χ2v) is 5.79. The van der Waals surface area contributed by atoms with Gasteiger partial charge in [0.25, 0.3) is 5.91 Å². The number of carbonyl (C=O) groups excluding carboxylic acids is 1. The van der Waals surface area contributed by atoms with Gasteiger partial charge in [-0.05, 0) is 29.7 Å². The van der Waals surface area contributed by atoms with Crippen LogP contribution in [-0.2, 0) is 0 Å². The van der Waals surface area contributed by atoms with Crippen LogP contribution in [-0.4, -0.2) is 26.0 Å². The normalized spacial score (nSPS) is 11.8. The average Bonchev–Trinajstić information content (AvgIpc) is 3.05. The summed E-state index contributed by atoms with van der Waals surface area (Å²) in [5.74, 6) is 1.39. The topological polar surface area (TPSA) is 72.0 Å². The first-order valence-electron chi connectivity index (χ1n) is 8.10. The molecule has 0 unspecified atom stereocenters. The lowest BCUT2D eigenvalue weighted by Crippen LogP contribution is -2.41. The third kappa shape index (κ3) is 2.61. The molecule has 6 heteroatoms. The summed E-state index contributed by atoms with van der Waals surface area (Å²) in [6, 6.07) is 17.0. The fourth-order valence-corrected chi connectivity index (χ4v) is 3.05. The summed E-state index contributed by atoms with van der Waals surface area (Å²) < 4.78 is 10.4. The predicted octanol–water partition coefficient (Wildman–Crippen LogP) is 3.18. The van der Waals surface area contributed by atoms with Crippen LogP contribution in [0.4, 0.5) is 5.69 Å². The Kier molecular flexibility index (Phi) is 3.93. The maximum absolute atomic E-state index is 12.5. The lowest BCUT2D eigenvalue weighted by Gasteiger charge is -2.11. The highest BCUT2D eigenvalue weighted by Crippen LogP contribution is 2.34. The van der Waals surface area contributed by atoms with Gasteiger partial charge in [-0.2, -0.15) is 0 Å². The second-order valence-electron chi connectivity index (χ2n) is 5.79. The van der Waals surface area contributed by atoms with Gasteiger partial charge >= 0.3 is 0 Å². The van der Waals surface area contributed by atoms with Crippen LogP contribution in [0.1, 0.15) is 15.9 Å². The van der Waals surface area contributed by atoms with Crippen LogP contribution in [0, 0.1) is 0 Å². The molecule has 2 N–H and O–H groups in total. The summed E-state index contributed by atoms with van der Waals surface area (Å²) in [5.41, 5.74) is 7.92. The maximum Gasteiger partial charge on any atom is 0.269 e. The van der Waals surface area contributed by atoms with E-state index in [1.807, 2.05) is 36.4 Å². The lowest BCUT2D eigenvalue weighted by atomic mass is 10.0. The van der Waals surface area contributed by atoms with Gasteiger partial charge in [0.05, 0.1) is 19.9 Å². The molecule has 130 valence electrons. The molecule has 3 aromatic rings. The van der Waals surface area contributed by atoms with Crippen molar-refractivity contribution in [2.45, 2.75) is 0 Å². The number of hydrogen-bond donors (Lipinski definition) is 2. The molecule has 6 nitrogen and oxygen atoms in total. The van der Waals surface area contributed by atoms with E-state index in [4.69, 9.17) is 9.47 Å². The van der Waals surface area contributed by atoms with Crippen molar-refractivity contribution in [2.75, 3.05) is 14.2 Å². The van der Waals surface area contributed by atoms with Crippen LogP contribution in [0.25, 0.3) is 10.8 Å². The third-order valence-electron chi connectivity index (χ3n) is 4.31. The van der Waals surface area contributed by atoms with Gasteiger partial charge in [0.2, 0.25) is 0 Å². The molecule has 0 radical (unpaired) electrons. The van der Waals surface area contributed by atoms with Crippen molar-refractivity contribution >= 4 is 28.2 Å². The Labute approximate surface area is 150 Å². The Bertz CT molecular complexity index is 1040. The summed E-state index contributed by atoms with van der Waals surface area (Å²) in [7, 11) is 3.08. The molecule has 1 heterocycles. The number of amides is 1. The number of nitrogens with one attached hydrogen (secondary N) is 2. The molecule has 0 aromatic heterocycles. The van der Waals surface area contributed by atoms with Crippen molar-refractivity contribution < 1.29 is 14.3 Å². The molecule has 3 aromatic carbocycles. The van der Waals surface area contributed by atoms with Crippen LogP contribution in [0.5, 0.6) is 11.5 Å². The van der Waals surface area contributed by atoms with Crippen molar-refractivity contribution in [3.63, 3.8) is 0 Å². The monoisotopic (exact) mass is 347 g/mol. The van der Waals surface area contributed by atoms with Crippen LogP contribution in [0.3, 0.4) is 0 Å². The minimum Gasteiger partial charge on any atom is -0.493 e. The highest BCUT2D eigenvalue weighted by Gasteiger charge is 2.19. The highest BCUT2D eigenvalue weighted by atomic mass is 16.5. The molecular formula is C20H17N3O3. The lowest BCUT2D eigenvalue weighted by molar-refractivity contribution is 0.0943. The predicted molar refractivity (Wildman–Crippen MR) is 100 cm³/mol. The zero-order chi connectivity index (χ0) is 18.1. The number of methoxy groups -OCH3 is 2. The Morgan fingerprint density at radius 2 is 1.73 bits per heavy atom. The molecule has 1 aliphatic rings. The number of amidine groups is 1. The fourth-order valence-electron chi connectivity index (χ4n) is 3.05. The smallest absolute Gasteiger partial charge is 0.269 e. The first-order valence-corrected chi connectivity index (χ1v) is 8.10. The van der Waals surface area contributed by atoms with E-state index in [1.165, 1.54) is 7.11 Å². The van der Waals surface area contributed by atoms with Gasteiger partial charge in [0.15, 0.2) is 17.3 Å². The molecule has 0 bridgehead atoms. The van der Waals surface area contributed by atoms with Crippen molar-refractivity contribution in [1.82, 2.24) is 10.9 Å². The molecule has 0 fully saturated rings. The Balaban J connectivity index is 1.54. The number of benzene rings is 3. The molecule has 0 aliphatic carbocycles. The number of hydrazine groups is 1.